The largest absolute Gasteiger partial charge is 0.387 e. The predicted molar refractivity (Wildman–Crippen MR) is 54.9 cm³/mol. The molecule has 0 amide bonds. The Labute approximate surface area is 80.6 Å². The van der Waals surface area contributed by atoms with Crippen LogP contribution in [0.15, 0.2) is 30.3 Å². The van der Waals surface area contributed by atoms with E-state index in [4.69, 9.17) is 0 Å². The number of aliphatic hydroxyl groups excluding tert-OH is 1. The summed E-state index contributed by atoms with van der Waals surface area (Å²) in [4.78, 5) is 0. The molecule has 2 atom stereocenters. The minimum atomic E-state index is -0.336. The first-order valence-electron chi connectivity index (χ1n) is 3.59. The maximum absolute atomic E-state index is 9.59. The number of hydrogen-bond donors (Lipinski definition) is 1. The molecule has 0 unspecified atom stereocenters. The molecule has 1 rings (SSSR count). The Kier molecular flexibility index (Phi) is 3.33. The van der Waals surface area contributed by atoms with Gasteiger partial charge in [-0.2, -0.15) is 0 Å². The smallest absolute Gasteiger partial charge is 0.0904 e. The summed E-state index contributed by atoms with van der Waals surface area (Å²) in [7, 11) is 0. The van der Waals surface area contributed by atoms with E-state index in [1.54, 1.807) is 0 Å². The molecule has 1 nitrogen and oxygen atoms in total. The maximum Gasteiger partial charge on any atom is 0.0904 e. The SMILES string of the molecule is C[C@H](I)[C@H](O)c1ccccc1. The normalized spacial score (nSPS) is 15.9. The van der Waals surface area contributed by atoms with Crippen molar-refractivity contribution in [2.45, 2.75) is 17.0 Å². The second-order valence-electron chi connectivity index (χ2n) is 2.53. The van der Waals surface area contributed by atoms with Crippen LogP contribution >= 0.6 is 22.6 Å². The summed E-state index contributed by atoms with van der Waals surface area (Å²) in [6.45, 7) is 2.00. The third-order valence-electron chi connectivity index (χ3n) is 1.58. The average molecular weight is 262 g/mol. The standard InChI is InChI=1S/C9H11IO/c1-7(10)9(11)8-5-3-2-4-6-8/h2-7,9,11H,1H3/t7-,9-/m0/s1. The molecule has 0 aromatic heterocycles. The topological polar surface area (TPSA) is 20.2 Å². The zero-order valence-electron chi connectivity index (χ0n) is 6.37. The van der Waals surface area contributed by atoms with Gasteiger partial charge in [0.05, 0.1) is 6.10 Å². The lowest BCUT2D eigenvalue weighted by atomic mass is 10.1. The molecule has 2 heteroatoms. The van der Waals surface area contributed by atoms with Crippen LogP contribution in [-0.4, -0.2) is 9.03 Å². The summed E-state index contributed by atoms with van der Waals surface area (Å²) in [5, 5.41) is 9.59. The van der Waals surface area contributed by atoms with Gasteiger partial charge in [-0.25, -0.2) is 0 Å². The number of aliphatic hydroxyl groups is 1. The van der Waals surface area contributed by atoms with Crippen molar-refractivity contribution in [3.05, 3.63) is 35.9 Å². The van der Waals surface area contributed by atoms with E-state index in [1.807, 2.05) is 37.3 Å². The zero-order chi connectivity index (χ0) is 8.27. The van der Waals surface area contributed by atoms with Gasteiger partial charge in [0.15, 0.2) is 0 Å². The van der Waals surface area contributed by atoms with Crippen molar-refractivity contribution < 1.29 is 5.11 Å². The summed E-state index contributed by atoms with van der Waals surface area (Å²) in [6.07, 6.45) is -0.336. The van der Waals surface area contributed by atoms with Crippen molar-refractivity contribution in [1.82, 2.24) is 0 Å². The van der Waals surface area contributed by atoms with E-state index in [9.17, 15) is 5.11 Å². The van der Waals surface area contributed by atoms with E-state index in [0.717, 1.165) is 5.56 Å². The second-order valence-corrected chi connectivity index (χ2v) is 4.50. The number of hydrogen-bond acceptors (Lipinski definition) is 1. The van der Waals surface area contributed by atoms with Crippen molar-refractivity contribution in [3.8, 4) is 0 Å². The maximum atomic E-state index is 9.59. The Morgan fingerprint density at radius 2 is 1.82 bits per heavy atom. The van der Waals surface area contributed by atoms with Gasteiger partial charge in [-0.15, -0.1) is 0 Å². The molecule has 1 aromatic rings. The van der Waals surface area contributed by atoms with Gasteiger partial charge in [-0.1, -0.05) is 59.8 Å². The van der Waals surface area contributed by atoms with E-state index in [0.29, 0.717) is 0 Å². The Balaban J connectivity index is 2.77. The highest BCUT2D eigenvalue weighted by Gasteiger charge is 2.11. The molecule has 1 N–H and O–H groups in total. The van der Waals surface area contributed by atoms with Crippen LogP contribution < -0.4 is 0 Å². The molecule has 0 heterocycles. The van der Waals surface area contributed by atoms with Crippen LogP contribution in [0.2, 0.25) is 0 Å². The van der Waals surface area contributed by atoms with E-state index in [1.165, 1.54) is 0 Å². The first-order chi connectivity index (χ1) is 5.22. The Morgan fingerprint density at radius 3 is 2.27 bits per heavy atom. The van der Waals surface area contributed by atoms with Gasteiger partial charge in [-0.3, -0.25) is 0 Å². The van der Waals surface area contributed by atoms with Crippen molar-refractivity contribution in [2.75, 3.05) is 0 Å². The molecule has 0 aliphatic rings. The fourth-order valence-electron chi connectivity index (χ4n) is 0.915. The lowest BCUT2D eigenvalue weighted by Crippen LogP contribution is -2.06. The van der Waals surface area contributed by atoms with Crippen LogP contribution in [0.5, 0.6) is 0 Å². The van der Waals surface area contributed by atoms with Gasteiger partial charge < -0.3 is 5.11 Å². The summed E-state index contributed by atoms with van der Waals surface area (Å²) < 4.78 is 0.259. The second kappa shape index (κ2) is 4.07. The lowest BCUT2D eigenvalue weighted by Gasteiger charge is -2.12. The average Bonchev–Trinajstić information content (AvgIpc) is 2.05. The van der Waals surface area contributed by atoms with Crippen LogP contribution in [0.4, 0.5) is 0 Å². The Hall–Kier alpha value is -0.0900. The zero-order valence-corrected chi connectivity index (χ0v) is 8.52. The quantitative estimate of drug-likeness (QED) is 0.641. The fraction of sp³-hybridized carbons (Fsp3) is 0.333. The van der Waals surface area contributed by atoms with Crippen molar-refractivity contribution in [2.24, 2.45) is 0 Å². The summed E-state index contributed by atoms with van der Waals surface area (Å²) in [6, 6.07) is 9.73. The lowest BCUT2D eigenvalue weighted by molar-refractivity contribution is 0.184. The Bertz CT molecular complexity index is 208. The minimum absolute atomic E-state index is 0.259. The van der Waals surface area contributed by atoms with E-state index in [2.05, 4.69) is 22.6 Å². The highest BCUT2D eigenvalue weighted by molar-refractivity contribution is 14.1. The monoisotopic (exact) mass is 262 g/mol. The molecule has 0 bridgehead atoms. The first-order valence-corrected chi connectivity index (χ1v) is 4.83. The molecule has 0 radical (unpaired) electrons. The minimum Gasteiger partial charge on any atom is -0.387 e. The van der Waals surface area contributed by atoms with Gasteiger partial charge in [0.2, 0.25) is 0 Å². The molecule has 0 spiro atoms. The van der Waals surface area contributed by atoms with Gasteiger partial charge in [0, 0.05) is 3.92 Å². The van der Waals surface area contributed by atoms with Crippen LogP contribution in [0.3, 0.4) is 0 Å². The van der Waals surface area contributed by atoms with Crippen LogP contribution in [-0.2, 0) is 0 Å². The van der Waals surface area contributed by atoms with Crippen LogP contribution in [0, 0.1) is 0 Å². The van der Waals surface area contributed by atoms with Crippen molar-refractivity contribution in [3.63, 3.8) is 0 Å². The summed E-state index contributed by atoms with van der Waals surface area (Å²) >= 11 is 2.22. The third kappa shape index (κ3) is 2.45. The van der Waals surface area contributed by atoms with Gasteiger partial charge in [0.1, 0.15) is 0 Å². The molecule has 1 aromatic carbocycles. The van der Waals surface area contributed by atoms with Gasteiger partial charge in [-0.05, 0) is 5.56 Å². The van der Waals surface area contributed by atoms with Crippen LogP contribution in [0.1, 0.15) is 18.6 Å². The molecule has 0 aliphatic heterocycles. The van der Waals surface area contributed by atoms with Gasteiger partial charge >= 0.3 is 0 Å². The number of alkyl halides is 1. The molecular formula is C9H11IO. The molecule has 0 saturated carbocycles. The van der Waals surface area contributed by atoms with E-state index < -0.39 is 0 Å². The number of rotatable bonds is 2. The summed E-state index contributed by atoms with van der Waals surface area (Å²) in [5.41, 5.74) is 0.995. The summed E-state index contributed by atoms with van der Waals surface area (Å²) in [5.74, 6) is 0. The highest BCUT2D eigenvalue weighted by Crippen LogP contribution is 2.21. The predicted octanol–water partition coefficient (Wildman–Crippen LogP) is 2.54. The third-order valence-corrected chi connectivity index (χ3v) is 2.26. The van der Waals surface area contributed by atoms with E-state index >= 15 is 0 Å². The highest BCUT2D eigenvalue weighted by atomic mass is 127. The molecule has 0 saturated heterocycles. The molecule has 60 valence electrons. The number of halogens is 1. The molecule has 0 aliphatic carbocycles. The molecule has 0 fully saturated rings. The number of benzene rings is 1. The Morgan fingerprint density at radius 1 is 1.27 bits per heavy atom. The molecule has 11 heavy (non-hydrogen) atoms. The fourth-order valence-corrected chi connectivity index (χ4v) is 1.33. The molecular weight excluding hydrogens is 251 g/mol. The first kappa shape index (κ1) is 9.00. The van der Waals surface area contributed by atoms with Crippen molar-refractivity contribution in [1.29, 1.82) is 0 Å². The van der Waals surface area contributed by atoms with Crippen LogP contribution in [0.25, 0.3) is 0 Å². The van der Waals surface area contributed by atoms with Gasteiger partial charge in [0.25, 0.3) is 0 Å². The van der Waals surface area contributed by atoms with Crippen molar-refractivity contribution >= 4 is 22.6 Å². The van der Waals surface area contributed by atoms with E-state index in [-0.39, 0.29) is 10.0 Å².